The highest BCUT2D eigenvalue weighted by Gasteiger charge is 2.00. The van der Waals surface area contributed by atoms with Gasteiger partial charge in [0.15, 0.2) is 0 Å². The summed E-state index contributed by atoms with van der Waals surface area (Å²) in [6.45, 7) is 3.04. The number of benzene rings is 1. The number of aromatic nitrogens is 1. The molecule has 0 amide bonds. The van der Waals surface area contributed by atoms with Gasteiger partial charge in [-0.05, 0) is 53.3 Å². The molecule has 0 saturated heterocycles. The predicted molar refractivity (Wildman–Crippen MR) is 82.3 cm³/mol. The summed E-state index contributed by atoms with van der Waals surface area (Å²) in [4.78, 5) is 4.24. The van der Waals surface area contributed by atoms with Crippen molar-refractivity contribution in [3.8, 4) is 11.5 Å². The van der Waals surface area contributed by atoms with Crippen LogP contribution in [0.5, 0.6) is 11.5 Å². The second-order valence-electron chi connectivity index (χ2n) is 3.86. The molecule has 18 heavy (non-hydrogen) atoms. The largest absolute Gasteiger partial charge is 0.457 e. The lowest BCUT2D eigenvalue weighted by molar-refractivity contribution is 0.482. The van der Waals surface area contributed by atoms with Gasteiger partial charge in [-0.1, -0.05) is 13.0 Å². The van der Waals surface area contributed by atoms with Gasteiger partial charge >= 0.3 is 0 Å². The molecule has 4 heteroatoms. The summed E-state index contributed by atoms with van der Waals surface area (Å²) in [6.07, 6.45) is 2.82. The molecule has 1 N–H and O–H groups in total. The minimum atomic E-state index is 0.797. The molecule has 1 aromatic heterocycles. The Morgan fingerprint density at radius 3 is 2.83 bits per heavy atom. The molecule has 0 aliphatic carbocycles. The highest BCUT2D eigenvalue weighted by Crippen LogP contribution is 2.24. The van der Waals surface area contributed by atoms with Crippen molar-refractivity contribution < 1.29 is 4.74 Å². The minimum absolute atomic E-state index is 0.797. The molecule has 1 aromatic carbocycles. The number of nitrogens with zero attached hydrogens (tertiary/aromatic N) is 1. The van der Waals surface area contributed by atoms with Gasteiger partial charge < -0.3 is 10.1 Å². The van der Waals surface area contributed by atoms with Crippen molar-refractivity contribution in [1.82, 2.24) is 4.98 Å². The van der Waals surface area contributed by atoms with E-state index in [0.29, 0.717) is 0 Å². The monoisotopic (exact) mass is 354 g/mol. The summed E-state index contributed by atoms with van der Waals surface area (Å²) >= 11 is 2.27. The van der Waals surface area contributed by atoms with E-state index in [2.05, 4.69) is 39.8 Å². The molecule has 0 bridgehead atoms. The first-order chi connectivity index (χ1) is 8.78. The molecule has 0 fully saturated rings. The Morgan fingerprint density at radius 1 is 1.22 bits per heavy atom. The lowest BCUT2D eigenvalue weighted by Gasteiger charge is -2.08. The maximum atomic E-state index is 5.80. The molecule has 2 rings (SSSR count). The highest BCUT2D eigenvalue weighted by atomic mass is 127. The standard InChI is InChI=1S/C14H15IN2O/c1-2-7-16-14-10-13(6-8-17-14)18-12-5-3-4-11(15)9-12/h3-6,8-10H,2,7H2,1H3,(H,16,17). The molecule has 0 aliphatic rings. The number of pyridine rings is 1. The van der Waals surface area contributed by atoms with Crippen molar-refractivity contribution in [3.05, 3.63) is 46.2 Å². The Bertz CT molecular complexity index is 517. The molecule has 0 spiro atoms. The third-order valence-corrected chi connectivity index (χ3v) is 2.99. The Kier molecular flexibility index (Phi) is 4.81. The quantitative estimate of drug-likeness (QED) is 0.813. The number of rotatable bonds is 5. The molecule has 0 aliphatic heterocycles. The molecule has 3 nitrogen and oxygen atoms in total. The van der Waals surface area contributed by atoms with Crippen LogP contribution in [-0.4, -0.2) is 11.5 Å². The smallest absolute Gasteiger partial charge is 0.132 e. The SMILES string of the molecule is CCCNc1cc(Oc2cccc(I)c2)ccn1. The number of hydrogen-bond acceptors (Lipinski definition) is 3. The van der Waals surface area contributed by atoms with Crippen LogP contribution in [0.1, 0.15) is 13.3 Å². The third kappa shape index (κ3) is 3.87. The van der Waals surface area contributed by atoms with Crippen molar-refractivity contribution in [3.63, 3.8) is 0 Å². The first-order valence-electron chi connectivity index (χ1n) is 5.91. The Balaban J connectivity index is 2.09. The van der Waals surface area contributed by atoms with Gasteiger partial charge in [0.25, 0.3) is 0 Å². The van der Waals surface area contributed by atoms with Crippen LogP contribution < -0.4 is 10.1 Å². The molecule has 0 radical (unpaired) electrons. The van der Waals surface area contributed by atoms with E-state index >= 15 is 0 Å². The van der Waals surface area contributed by atoms with Crippen LogP contribution in [0.25, 0.3) is 0 Å². The van der Waals surface area contributed by atoms with Crippen LogP contribution in [0.15, 0.2) is 42.6 Å². The maximum Gasteiger partial charge on any atom is 0.132 e. The number of halogens is 1. The van der Waals surface area contributed by atoms with E-state index in [4.69, 9.17) is 4.74 Å². The molecule has 0 unspecified atom stereocenters. The number of hydrogen-bond donors (Lipinski definition) is 1. The van der Waals surface area contributed by atoms with Gasteiger partial charge in [-0.2, -0.15) is 0 Å². The topological polar surface area (TPSA) is 34.1 Å². The summed E-state index contributed by atoms with van der Waals surface area (Å²) in [7, 11) is 0. The van der Waals surface area contributed by atoms with Gasteiger partial charge in [0.2, 0.25) is 0 Å². The Morgan fingerprint density at radius 2 is 2.06 bits per heavy atom. The molecule has 0 atom stereocenters. The van der Waals surface area contributed by atoms with Crippen LogP contribution in [0.2, 0.25) is 0 Å². The summed E-state index contributed by atoms with van der Waals surface area (Å²) in [5.74, 6) is 2.49. The molecule has 94 valence electrons. The zero-order valence-corrected chi connectivity index (χ0v) is 12.3. The summed E-state index contributed by atoms with van der Waals surface area (Å²) < 4.78 is 6.95. The lowest BCUT2D eigenvalue weighted by atomic mass is 10.3. The fourth-order valence-electron chi connectivity index (χ4n) is 1.49. The van der Waals surface area contributed by atoms with Crippen LogP contribution in [0.4, 0.5) is 5.82 Å². The molecule has 2 aromatic rings. The van der Waals surface area contributed by atoms with Gasteiger partial charge in [-0.3, -0.25) is 0 Å². The number of anilines is 1. The third-order valence-electron chi connectivity index (χ3n) is 2.32. The fraction of sp³-hybridized carbons (Fsp3) is 0.214. The molecule has 0 saturated carbocycles. The average Bonchev–Trinajstić information content (AvgIpc) is 2.37. The fourth-order valence-corrected chi connectivity index (χ4v) is 2.01. The van der Waals surface area contributed by atoms with Crippen LogP contribution in [0, 0.1) is 3.57 Å². The van der Waals surface area contributed by atoms with Gasteiger partial charge in [-0.25, -0.2) is 4.98 Å². The molecule has 1 heterocycles. The molecular weight excluding hydrogens is 339 g/mol. The summed E-state index contributed by atoms with van der Waals surface area (Å²) in [5, 5.41) is 3.24. The van der Waals surface area contributed by atoms with E-state index in [1.807, 2.05) is 36.4 Å². The summed E-state index contributed by atoms with van der Waals surface area (Å²) in [6, 6.07) is 11.7. The zero-order chi connectivity index (χ0) is 12.8. The van der Waals surface area contributed by atoms with Gasteiger partial charge in [0.1, 0.15) is 17.3 Å². The van der Waals surface area contributed by atoms with Crippen molar-refractivity contribution in [2.24, 2.45) is 0 Å². The van der Waals surface area contributed by atoms with Crippen molar-refractivity contribution in [2.45, 2.75) is 13.3 Å². The Labute approximate surface area is 121 Å². The normalized spacial score (nSPS) is 10.1. The van der Waals surface area contributed by atoms with E-state index in [-0.39, 0.29) is 0 Å². The first-order valence-corrected chi connectivity index (χ1v) is 6.99. The van der Waals surface area contributed by atoms with Gasteiger partial charge in [0.05, 0.1) is 0 Å². The number of nitrogens with one attached hydrogen (secondary N) is 1. The van der Waals surface area contributed by atoms with Crippen LogP contribution >= 0.6 is 22.6 Å². The predicted octanol–water partition coefficient (Wildman–Crippen LogP) is 4.30. The van der Waals surface area contributed by atoms with Crippen molar-refractivity contribution >= 4 is 28.4 Å². The Hall–Kier alpha value is -1.30. The van der Waals surface area contributed by atoms with E-state index in [1.165, 1.54) is 0 Å². The van der Waals surface area contributed by atoms with Gasteiger partial charge in [-0.15, -0.1) is 0 Å². The second-order valence-corrected chi connectivity index (χ2v) is 5.11. The van der Waals surface area contributed by atoms with Crippen LogP contribution in [0.3, 0.4) is 0 Å². The van der Waals surface area contributed by atoms with Gasteiger partial charge in [0, 0.05) is 22.4 Å². The zero-order valence-electron chi connectivity index (χ0n) is 10.2. The lowest BCUT2D eigenvalue weighted by Crippen LogP contribution is -2.01. The maximum absolute atomic E-state index is 5.80. The first kappa shape index (κ1) is 13.1. The van der Waals surface area contributed by atoms with E-state index in [0.717, 1.165) is 33.9 Å². The highest BCUT2D eigenvalue weighted by molar-refractivity contribution is 14.1. The van der Waals surface area contributed by atoms with Crippen LogP contribution in [-0.2, 0) is 0 Å². The number of ether oxygens (including phenoxy) is 1. The second kappa shape index (κ2) is 6.58. The average molecular weight is 354 g/mol. The van der Waals surface area contributed by atoms with E-state index < -0.39 is 0 Å². The van der Waals surface area contributed by atoms with E-state index in [1.54, 1.807) is 6.20 Å². The van der Waals surface area contributed by atoms with Crippen molar-refractivity contribution in [2.75, 3.05) is 11.9 Å². The minimum Gasteiger partial charge on any atom is -0.457 e. The van der Waals surface area contributed by atoms with Crippen molar-refractivity contribution in [1.29, 1.82) is 0 Å². The molecular formula is C14H15IN2O. The summed E-state index contributed by atoms with van der Waals surface area (Å²) in [5.41, 5.74) is 0. The van der Waals surface area contributed by atoms with E-state index in [9.17, 15) is 0 Å².